The van der Waals surface area contributed by atoms with Gasteiger partial charge in [0.15, 0.2) is 0 Å². The maximum absolute atomic E-state index is 4.98. The molecule has 122 valence electrons. The van der Waals surface area contributed by atoms with Gasteiger partial charge in [-0.25, -0.2) is 4.98 Å². The van der Waals surface area contributed by atoms with Crippen LogP contribution in [0.2, 0.25) is 0 Å². The molecule has 0 spiro atoms. The van der Waals surface area contributed by atoms with Crippen LogP contribution in [0.25, 0.3) is 32.8 Å². The van der Waals surface area contributed by atoms with E-state index in [1.54, 1.807) is 0 Å². The summed E-state index contributed by atoms with van der Waals surface area (Å²) in [5.74, 6) is 0. The third kappa shape index (κ3) is 2.37. The molecular weight excluding hydrogens is 292 g/mol. The number of para-hydroxylation sites is 2. The normalized spacial score (nSPS) is 11.8. The summed E-state index contributed by atoms with van der Waals surface area (Å²) in [6.07, 6.45) is 6.29. The van der Waals surface area contributed by atoms with E-state index >= 15 is 0 Å². The molecule has 0 N–H and O–H groups in total. The first-order valence-corrected chi connectivity index (χ1v) is 9.06. The Bertz CT molecular complexity index is 1010. The van der Waals surface area contributed by atoms with Gasteiger partial charge in [-0.2, -0.15) is 0 Å². The quantitative estimate of drug-likeness (QED) is 0.413. The molecule has 0 bridgehead atoms. The van der Waals surface area contributed by atoms with Crippen molar-refractivity contribution in [3.8, 4) is 0 Å². The fraction of sp³-hybridized carbons (Fsp3) is 0.318. The third-order valence-corrected chi connectivity index (χ3v) is 5.11. The molecule has 0 saturated heterocycles. The summed E-state index contributed by atoms with van der Waals surface area (Å²) in [6.45, 7) is 2.27. The van der Waals surface area contributed by atoms with Crippen molar-refractivity contribution in [1.29, 1.82) is 0 Å². The predicted molar refractivity (Wildman–Crippen MR) is 104 cm³/mol. The van der Waals surface area contributed by atoms with Gasteiger partial charge in [0.2, 0.25) is 0 Å². The summed E-state index contributed by atoms with van der Waals surface area (Å²) in [5, 5.41) is 4.00. The Hall–Kier alpha value is -2.35. The highest BCUT2D eigenvalue weighted by Crippen LogP contribution is 2.34. The van der Waals surface area contributed by atoms with Crippen LogP contribution in [-0.4, -0.2) is 9.55 Å². The second-order valence-corrected chi connectivity index (χ2v) is 6.69. The minimum absolute atomic E-state index is 1.11. The lowest BCUT2D eigenvalue weighted by Gasteiger charge is -2.09. The maximum atomic E-state index is 4.98. The van der Waals surface area contributed by atoms with Crippen LogP contribution in [0, 0.1) is 0 Å². The molecule has 2 nitrogen and oxygen atoms in total. The van der Waals surface area contributed by atoms with Crippen LogP contribution < -0.4 is 0 Å². The Morgan fingerprint density at radius 1 is 0.875 bits per heavy atom. The standard InChI is InChI=1S/C22H24N2/c1-3-4-5-6-12-17-16-11-7-9-14-19(16)23-22-21(17)18-13-8-10-15-20(18)24(22)2/h7-11,13-15H,3-6,12H2,1-2H3. The number of fused-ring (bicyclic) bond motifs is 4. The van der Waals surface area contributed by atoms with Crippen LogP contribution >= 0.6 is 0 Å². The Kier molecular flexibility index (Phi) is 3.97. The molecule has 0 aliphatic heterocycles. The summed E-state index contributed by atoms with van der Waals surface area (Å²) in [4.78, 5) is 4.98. The number of hydrogen-bond donors (Lipinski definition) is 0. The minimum Gasteiger partial charge on any atom is -0.328 e. The second-order valence-electron chi connectivity index (χ2n) is 6.69. The summed E-state index contributed by atoms with van der Waals surface area (Å²) in [5.41, 5.74) is 4.97. The lowest BCUT2D eigenvalue weighted by Crippen LogP contribution is -1.95. The fourth-order valence-corrected chi connectivity index (χ4v) is 3.87. The van der Waals surface area contributed by atoms with Gasteiger partial charge in [-0.05, 0) is 30.5 Å². The number of benzene rings is 2. The van der Waals surface area contributed by atoms with Crippen LogP contribution in [0.4, 0.5) is 0 Å². The Morgan fingerprint density at radius 2 is 1.62 bits per heavy atom. The highest BCUT2D eigenvalue weighted by Gasteiger charge is 2.16. The van der Waals surface area contributed by atoms with Crippen molar-refractivity contribution in [2.24, 2.45) is 7.05 Å². The molecule has 2 heterocycles. The number of aromatic nitrogens is 2. The number of rotatable bonds is 5. The highest BCUT2D eigenvalue weighted by atomic mass is 15.0. The van der Waals surface area contributed by atoms with E-state index in [0.29, 0.717) is 0 Å². The molecule has 2 aromatic heterocycles. The maximum Gasteiger partial charge on any atom is 0.141 e. The van der Waals surface area contributed by atoms with Crippen LogP contribution in [0.1, 0.15) is 38.2 Å². The zero-order valence-electron chi connectivity index (χ0n) is 14.5. The molecule has 0 fully saturated rings. The molecule has 0 saturated carbocycles. The van der Waals surface area contributed by atoms with Crippen LogP contribution in [0.3, 0.4) is 0 Å². The predicted octanol–water partition coefficient (Wildman–Crippen LogP) is 6.00. The number of hydrogen-bond acceptors (Lipinski definition) is 1. The molecule has 0 radical (unpaired) electrons. The molecule has 0 aliphatic carbocycles. The van der Waals surface area contributed by atoms with Gasteiger partial charge < -0.3 is 4.57 Å². The summed E-state index contributed by atoms with van der Waals surface area (Å²) in [7, 11) is 2.13. The Morgan fingerprint density at radius 3 is 2.46 bits per heavy atom. The number of unbranched alkanes of at least 4 members (excludes halogenated alkanes) is 3. The zero-order chi connectivity index (χ0) is 16.5. The summed E-state index contributed by atoms with van der Waals surface area (Å²) < 4.78 is 2.24. The van der Waals surface area contributed by atoms with Gasteiger partial charge in [0.1, 0.15) is 5.65 Å². The summed E-state index contributed by atoms with van der Waals surface area (Å²) >= 11 is 0. The molecule has 0 amide bonds. The topological polar surface area (TPSA) is 17.8 Å². The van der Waals surface area contributed by atoms with Crippen molar-refractivity contribution in [2.45, 2.75) is 39.0 Å². The van der Waals surface area contributed by atoms with Gasteiger partial charge >= 0.3 is 0 Å². The van der Waals surface area contributed by atoms with E-state index in [1.165, 1.54) is 52.9 Å². The van der Waals surface area contributed by atoms with Gasteiger partial charge in [0.25, 0.3) is 0 Å². The molecular formula is C22H24N2. The number of pyridine rings is 1. The minimum atomic E-state index is 1.11. The van der Waals surface area contributed by atoms with Crippen molar-refractivity contribution in [1.82, 2.24) is 9.55 Å². The lowest BCUT2D eigenvalue weighted by atomic mass is 9.97. The molecule has 2 aromatic carbocycles. The van der Waals surface area contributed by atoms with E-state index < -0.39 is 0 Å². The molecule has 0 unspecified atom stereocenters. The van der Waals surface area contributed by atoms with E-state index in [2.05, 4.69) is 67.1 Å². The van der Waals surface area contributed by atoms with Gasteiger partial charge in [-0.3, -0.25) is 0 Å². The van der Waals surface area contributed by atoms with E-state index in [1.807, 2.05) is 0 Å². The monoisotopic (exact) mass is 316 g/mol. The molecule has 24 heavy (non-hydrogen) atoms. The largest absolute Gasteiger partial charge is 0.328 e. The van der Waals surface area contributed by atoms with E-state index in [4.69, 9.17) is 4.98 Å². The van der Waals surface area contributed by atoms with Crippen LogP contribution in [0.15, 0.2) is 48.5 Å². The fourth-order valence-electron chi connectivity index (χ4n) is 3.87. The SMILES string of the molecule is CCCCCCc1c2ccccc2nc2c1c1ccccc1n2C. The Balaban J connectivity index is 2.01. The first-order chi connectivity index (χ1) is 11.8. The second kappa shape index (κ2) is 6.27. The van der Waals surface area contributed by atoms with Gasteiger partial charge in [-0.1, -0.05) is 62.6 Å². The van der Waals surface area contributed by atoms with Crippen molar-refractivity contribution in [3.63, 3.8) is 0 Å². The third-order valence-electron chi connectivity index (χ3n) is 5.11. The van der Waals surface area contributed by atoms with Crippen molar-refractivity contribution in [3.05, 3.63) is 54.1 Å². The van der Waals surface area contributed by atoms with Crippen molar-refractivity contribution in [2.75, 3.05) is 0 Å². The molecule has 0 aliphatic rings. The number of nitrogens with zero attached hydrogens (tertiary/aromatic N) is 2. The number of aryl methyl sites for hydroxylation is 2. The molecule has 2 heteroatoms. The smallest absolute Gasteiger partial charge is 0.141 e. The molecule has 4 aromatic rings. The van der Waals surface area contributed by atoms with Crippen LogP contribution in [0.5, 0.6) is 0 Å². The van der Waals surface area contributed by atoms with E-state index in [-0.39, 0.29) is 0 Å². The van der Waals surface area contributed by atoms with Crippen LogP contribution in [-0.2, 0) is 13.5 Å². The lowest BCUT2D eigenvalue weighted by molar-refractivity contribution is 0.669. The zero-order valence-corrected chi connectivity index (χ0v) is 14.5. The van der Waals surface area contributed by atoms with Gasteiger partial charge in [0.05, 0.1) is 11.0 Å². The first-order valence-electron chi connectivity index (χ1n) is 9.06. The molecule has 0 atom stereocenters. The van der Waals surface area contributed by atoms with Crippen molar-refractivity contribution < 1.29 is 0 Å². The molecule has 4 rings (SSSR count). The average molecular weight is 316 g/mol. The highest BCUT2D eigenvalue weighted by molar-refractivity contribution is 6.12. The van der Waals surface area contributed by atoms with E-state index in [9.17, 15) is 0 Å². The van der Waals surface area contributed by atoms with Gasteiger partial charge in [0, 0.05) is 23.2 Å². The first kappa shape index (κ1) is 15.2. The van der Waals surface area contributed by atoms with E-state index in [0.717, 1.165) is 17.6 Å². The average Bonchev–Trinajstić information content (AvgIpc) is 2.91. The van der Waals surface area contributed by atoms with Gasteiger partial charge in [-0.15, -0.1) is 0 Å². The van der Waals surface area contributed by atoms with Crippen molar-refractivity contribution >= 4 is 32.8 Å². The Labute approximate surface area is 143 Å². The summed E-state index contributed by atoms with van der Waals surface area (Å²) in [6, 6.07) is 17.3.